The number of likely N-dealkylation sites (tertiary alicyclic amines) is 1. The number of nitrogens with zero attached hydrogens (tertiary/aromatic N) is 3. The lowest BCUT2D eigenvalue weighted by Crippen LogP contribution is -2.41. The van der Waals surface area contributed by atoms with Crippen LogP contribution in [0.4, 0.5) is 13.2 Å². The van der Waals surface area contributed by atoms with E-state index in [0.29, 0.717) is 67.1 Å². The number of rotatable bonds is 7. The molecule has 2 aliphatic rings. The molecule has 1 atom stereocenters. The monoisotopic (exact) mass is 569 g/mol. The second-order valence-corrected chi connectivity index (χ2v) is 10.0. The Bertz CT molecular complexity index is 1430. The zero-order chi connectivity index (χ0) is 29.1. The standard InChI is InChI=1S/C29H30F3N5O4/c1-40-20-6-8-22(9-7-20)41-21-4-2-19(3-5-21)25-26(27(33)39)37-28(35-25)23(11-15-34-37)18-12-16-36(17-13-18)24(38)10-14-29(30,31)32/h2-10,14,18,23,34H,11-13,15-17H2,1H3,(H2,33,39)/b14-10+. The van der Waals surface area contributed by atoms with E-state index in [0.717, 1.165) is 12.2 Å². The highest BCUT2D eigenvalue weighted by molar-refractivity contribution is 5.97. The summed E-state index contributed by atoms with van der Waals surface area (Å²) >= 11 is 0. The summed E-state index contributed by atoms with van der Waals surface area (Å²) in [5, 5.41) is 0. The summed E-state index contributed by atoms with van der Waals surface area (Å²) < 4.78 is 50.1. The molecule has 3 N–H and O–H groups in total. The lowest BCUT2D eigenvalue weighted by molar-refractivity contribution is -0.128. The molecule has 0 saturated carbocycles. The molecule has 0 spiro atoms. The van der Waals surface area contributed by atoms with Crippen molar-refractivity contribution in [2.45, 2.75) is 31.4 Å². The van der Waals surface area contributed by atoms with Gasteiger partial charge in [-0.25, -0.2) is 9.66 Å². The van der Waals surface area contributed by atoms with E-state index in [-0.39, 0.29) is 23.6 Å². The number of halogens is 3. The van der Waals surface area contributed by atoms with Gasteiger partial charge in [0.15, 0.2) is 5.69 Å². The number of piperidine rings is 1. The number of alkyl halides is 3. The van der Waals surface area contributed by atoms with Crippen LogP contribution >= 0.6 is 0 Å². The van der Waals surface area contributed by atoms with Crippen LogP contribution in [0.3, 0.4) is 0 Å². The molecule has 2 aromatic carbocycles. The van der Waals surface area contributed by atoms with E-state index < -0.39 is 18.0 Å². The molecule has 12 heteroatoms. The molecule has 3 heterocycles. The van der Waals surface area contributed by atoms with Gasteiger partial charge in [0.2, 0.25) is 5.91 Å². The molecule has 1 fully saturated rings. The average Bonchev–Trinajstić information content (AvgIpc) is 3.37. The maximum absolute atomic E-state index is 12.6. The Balaban J connectivity index is 1.33. The summed E-state index contributed by atoms with van der Waals surface area (Å²) in [6.07, 6.45) is -1.99. The van der Waals surface area contributed by atoms with Crippen LogP contribution in [0.15, 0.2) is 60.7 Å². The number of hydrogen-bond donors (Lipinski definition) is 2. The van der Waals surface area contributed by atoms with Gasteiger partial charge in [0.05, 0.1) is 7.11 Å². The number of amides is 2. The van der Waals surface area contributed by atoms with Gasteiger partial charge in [-0.1, -0.05) is 0 Å². The number of methoxy groups -OCH3 is 1. The van der Waals surface area contributed by atoms with Gasteiger partial charge in [-0.2, -0.15) is 13.2 Å². The normalized spacial score (nSPS) is 17.7. The third kappa shape index (κ3) is 6.31. The van der Waals surface area contributed by atoms with Crippen molar-refractivity contribution >= 4 is 11.8 Å². The second kappa shape index (κ2) is 11.6. The number of nitrogens with one attached hydrogen (secondary N) is 1. The maximum atomic E-state index is 12.6. The molecule has 0 bridgehead atoms. The summed E-state index contributed by atoms with van der Waals surface area (Å²) in [7, 11) is 1.59. The molecular formula is C29H30F3N5O4. The lowest BCUT2D eigenvalue weighted by atomic mass is 9.81. The molecule has 2 amide bonds. The number of carbonyl (C=O) groups is 2. The largest absolute Gasteiger partial charge is 0.497 e. The van der Waals surface area contributed by atoms with Crippen molar-refractivity contribution in [3.05, 3.63) is 72.2 Å². The zero-order valence-electron chi connectivity index (χ0n) is 22.4. The summed E-state index contributed by atoms with van der Waals surface area (Å²) in [5.41, 5.74) is 10.4. The van der Waals surface area contributed by atoms with E-state index in [1.165, 1.54) is 4.90 Å². The predicted octanol–water partition coefficient (Wildman–Crippen LogP) is 4.84. The molecule has 1 aromatic heterocycles. The fraction of sp³-hybridized carbons (Fsp3) is 0.345. The van der Waals surface area contributed by atoms with Gasteiger partial charge >= 0.3 is 6.18 Å². The molecule has 0 aliphatic carbocycles. The highest BCUT2D eigenvalue weighted by Crippen LogP contribution is 2.39. The number of nitrogens with two attached hydrogens (primary N) is 1. The summed E-state index contributed by atoms with van der Waals surface area (Å²) in [6, 6.07) is 14.4. The molecular weight excluding hydrogens is 539 g/mol. The first-order valence-corrected chi connectivity index (χ1v) is 13.3. The Morgan fingerprint density at radius 3 is 2.20 bits per heavy atom. The van der Waals surface area contributed by atoms with E-state index >= 15 is 0 Å². The fourth-order valence-corrected chi connectivity index (χ4v) is 5.44. The molecule has 5 rings (SSSR count). The number of allylic oxidation sites excluding steroid dienone is 1. The van der Waals surface area contributed by atoms with Gasteiger partial charge in [0.25, 0.3) is 5.91 Å². The van der Waals surface area contributed by atoms with Crippen molar-refractivity contribution in [2.75, 3.05) is 32.2 Å². The second-order valence-electron chi connectivity index (χ2n) is 10.0. The average molecular weight is 570 g/mol. The molecule has 9 nitrogen and oxygen atoms in total. The van der Waals surface area contributed by atoms with E-state index in [2.05, 4.69) is 5.43 Å². The van der Waals surface area contributed by atoms with Crippen LogP contribution < -0.4 is 20.6 Å². The molecule has 41 heavy (non-hydrogen) atoms. The molecule has 1 unspecified atom stereocenters. The first kappa shape index (κ1) is 28.1. The minimum absolute atomic E-state index is 0.0104. The van der Waals surface area contributed by atoms with Gasteiger partial charge < -0.3 is 25.5 Å². The summed E-state index contributed by atoms with van der Waals surface area (Å²) in [5.74, 6) is 1.51. The van der Waals surface area contributed by atoms with Crippen molar-refractivity contribution in [3.63, 3.8) is 0 Å². The van der Waals surface area contributed by atoms with E-state index in [1.807, 2.05) is 12.1 Å². The van der Waals surface area contributed by atoms with Gasteiger partial charge in [-0.05, 0) is 73.7 Å². The molecule has 1 saturated heterocycles. The van der Waals surface area contributed by atoms with Crippen molar-refractivity contribution < 1.29 is 32.2 Å². The molecule has 0 radical (unpaired) electrons. The first-order valence-electron chi connectivity index (χ1n) is 13.3. The Labute approximate surface area is 234 Å². The van der Waals surface area contributed by atoms with Crippen LogP contribution in [0.5, 0.6) is 17.2 Å². The molecule has 216 valence electrons. The third-order valence-corrected chi connectivity index (χ3v) is 7.45. The SMILES string of the molecule is COc1ccc(Oc2ccc(-c3nc4n(c3C(N)=O)NCCC4C3CCN(C(=O)/C=C/C(F)(F)F)CC3)cc2)cc1. The number of ether oxygens (including phenoxy) is 2. The topological polar surface area (TPSA) is 112 Å². The number of primary amides is 1. The summed E-state index contributed by atoms with van der Waals surface area (Å²) in [6.45, 7) is 1.29. The molecule has 2 aliphatic heterocycles. The third-order valence-electron chi connectivity index (χ3n) is 7.45. The Morgan fingerprint density at radius 2 is 1.61 bits per heavy atom. The number of carbonyl (C=O) groups excluding carboxylic acids is 2. The fourth-order valence-electron chi connectivity index (χ4n) is 5.44. The van der Waals surface area contributed by atoms with Crippen molar-refractivity contribution in [2.24, 2.45) is 11.7 Å². The number of benzene rings is 2. The highest BCUT2D eigenvalue weighted by Gasteiger charge is 2.36. The first-order chi connectivity index (χ1) is 19.6. The van der Waals surface area contributed by atoms with Crippen LogP contribution in [-0.4, -0.2) is 59.3 Å². The quantitative estimate of drug-likeness (QED) is 0.394. The van der Waals surface area contributed by atoms with Crippen LogP contribution in [0.2, 0.25) is 0 Å². The van der Waals surface area contributed by atoms with Crippen LogP contribution in [0.1, 0.15) is 41.5 Å². The zero-order valence-corrected chi connectivity index (χ0v) is 22.4. The van der Waals surface area contributed by atoms with Gasteiger partial charge in [-0.3, -0.25) is 9.59 Å². The van der Waals surface area contributed by atoms with E-state index in [4.69, 9.17) is 20.2 Å². The van der Waals surface area contributed by atoms with Crippen molar-refractivity contribution in [1.29, 1.82) is 0 Å². The van der Waals surface area contributed by atoms with Gasteiger partial charge in [-0.15, -0.1) is 0 Å². The minimum Gasteiger partial charge on any atom is -0.497 e. The Hall–Kier alpha value is -4.48. The number of aromatic nitrogens is 2. The number of fused-ring (bicyclic) bond motifs is 1. The van der Waals surface area contributed by atoms with E-state index in [1.54, 1.807) is 48.2 Å². The Kier molecular flexibility index (Phi) is 7.91. The van der Waals surface area contributed by atoms with Crippen LogP contribution in [-0.2, 0) is 4.79 Å². The van der Waals surface area contributed by atoms with Gasteiger partial charge in [0.1, 0.15) is 28.8 Å². The smallest absolute Gasteiger partial charge is 0.409 e. The predicted molar refractivity (Wildman–Crippen MR) is 145 cm³/mol. The lowest BCUT2D eigenvalue weighted by Gasteiger charge is -2.37. The minimum atomic E-state index is -4.53. The molecule has 3 aromatic rings. The maximum Gasteiger partial charge on any atom is 0.409 e. The van der Waals surface area contributed by atoms with Crippen molar-refractivity contribution in [1.82, 2.24) is 14.6 Å². The Morgan fingerprint density at radius 1 is 1.00 bits per heavy atom. The van der Waals surface area contributed by atoms with Crippen LogP contribution in [0, 0.1) is 5.92 Å². The van der Waals surface area contributed by atoms with Crippen LogP contribution in [0.25, 0.3) is 11.3 Å². The van der Waals surface area contributed by atoms with Gasteiger partial charge in [0, 0.05) is 43.3 Å². The highest BCUT2D eigenvalue weighted by atomic mass is 19.4. The van der Waals surface area contributed by atoms with E-state index in [9.17, 15) is 22.8 Å². The van der Waals surface area contributed by atoms with Crippen molar-refractivity contribution in [3.8, 4) is 28.5 Å². The number of imidazole rings is 1. The summed E-state index contributed by atoms with van der Waals surface area (Å²) in [4.78, 5) is 31.1. The number of hydrogen-bond acceptors (Lipinski definition) is 6.